The number of aromatic nitrogens is 4. The molecule has 2 rings (SSSR count). The molecule has 0 aliphatic heterocycles. The van der Waals surface area contributed by atoms with Crippen molar-refractivity contribution in [3.63, 3.8) is 0 Å². The summed E-state index contributed by atoms with van der Waals surface area (Å²) in [7, 11) is 0. The molecule has 0 aliphatic rings. The summed E-state index contributed by atoms with van der Waals surface area (Å²) in [5.41, 5.74) is 3.00. The molecule has 0 saturated carbocycles. The van der Waals surface area contributed by atoms with Crippen LogP contribution in [0.2, 0.25) is 0 Å². The van der Waals surface area contributed by atoms with Crippen LogP contribution in [0.4, 0.5) is 5.95 Å². The second-order valence-corrected chi connectivity index (χ2v) is 5.32. The van der Waals surface area contributed by atoms with Crippen LogP contribution in [0.25, 0.3) is 5.82 Å². The van der Waals surface area contributed by atoms with Gasteiger partial charge in [0.2, 0.25) is 5.95 Å². The zero-order chi connectivity index (χ0) is 14.0. The monoisotopic (exact) mass is 323 g/mol. The maximum absolute atomic E-state index is 4.55. The molecule has 2 aromatic rings. The number of anilines is 1. The van der Waals surface area contributed by atoms with E-state index >= 15 is 0 Å². The van der Waals surface area contributed by atoms with Gasteiger partial charge in [-0.1, -0.05) is 6.92 Å². The van der Waals surface area contributed by atoms with Gasteiger partial charge in [0.25, 0.3) is 0 Å². The van der Waals surface area contributed by atoms with Gasteiger partial charge in [-0.2, -0.15) is 10.1 Å². The SMILES string of the molecule is CCCNc1ncc(C)c(-n2nc(C)c(Br)c2C)n1. The standard InChI is InChI=1S/C13H18BrN5/c1-5-6-15-13-16-7-8(2)12(17-13)19-10(4)11(14)9(3)18-19/h7H,5-6H2,1-4H3,(H,15,16,17). The van der Waals surface area contributed by atoms with E-state index in [9.17, 15) is 0 Å². The summed E-state index contributed by atoms with van der Waals surface area (Å²) >= 11 is 3.54. The molecule has 5 nitrogen and oxygen atoms in total. The first-order chi connectivity index (χ1) is 9.04. The summed E-state index contributed by atoms with van der Waals surface area (Å²) in [6.07, 6.45) is 2.86. The molecule has 102 valence electrons. The van der Waals surface area contributed by atoms with Crippen LogP contribution in [0, 0.1) is 20.8 Å². The lowest BCUT2D eigenvalue weighted by molar-refractivity contribution is 0.791. The van der Waals surface area contributed by atoms with Crippen LogP contribution in [0.15, 0.2) is 10.7 Å². The van der Waals surface area contributed by atoms with Crippen LogP contribution in [0.1, 0.15) is 30.3 Å². The molecule has 0 amide bonds. The number of nitrogens with zero attached hydrogens (tertiary/aromatic N) is 4. The summed E-state index contributed by atoms with van der Waals surface area (Å²) in [5.74, 6) is 1.46. The van der Waals surface area contributed by atoms with Crippen molar-refractivity contribution in [1.82, 2.24) is 19.7 Å². The Labute approximate surface area is 121 Å². The third-order valence-corrected chi connectivity index (χ3v) is 4.03. The lowest BCUT2D eigenvalue weighted by atomic mass is 10.3. The smallest absolute Gasteiger partial charge is 0.224 e. The summed E-state index contributed by atoms with van der Waals surface area (Å²) in [4.78, 5) is 8.84. The Kier molecular flexibility index (Phi) is 4.19. The fraction of sp³-hybridized carbons (Fsp3) is 0.462. The van der Waals surface area contributed by atoms with Gasteiger partial charge in [0, 0.05) is 18.3 Å². The lowest BCUT2D eigenvalue weighted by Gasteiger charge is -2.09. The van der Waals surface area contributed by atoms with Crippen molar-refractivity contribution >= 4 is 21.9 Å². The fourth-order valence-corrected chi connectivity index (χ4v) is 2.05. The Bertz CT molecular complexity index is 591. The van der Waals surface area contributed by atoms with Crippen molar-refractivity contribution in [1.29, 1.82) is 0 Å². The highest BCUT2D eigenvalue weighted by molar-refractivity contribution is 9.10. The quantitative estimate of drug-likeness (QED) is 0.938. The van der Waals surface area contributed by atoms with E-state index in [2.05, 4.69) is 43.2 Å². The van der Waals surface area contributed by atoms with Crippen LogP contribution in [0.5, 0.6) is 0 Å². The molecule has 0 atom stereocenters. The first kappa shape index (κ1) is 14.0. The molecule has 0 spiro atoms. The number of hydrogen-bond donors (Lipinski definition) is 1. The van der Waals surface area contributed by atoms with Crippen molar-refractivity contribution in [2.75, 3.05) is 11.9 Å². The Morgan fingerprint density at radius 1 is 1.32 bits per heavy atom. The van der Waals surface area contributed by atoms with Crippen LogP contribution in [0.3, 0.4) is 0 Å². The molecule has 0 radical (unpaired) electrons. The largest absolute Gasteiger partial charge is 0.354 e. The Hall–Kier alpha value is -1.43. The van der Waals surface area contributed by atoms with Gasteiger partial charge in [0.05, 0.1) is 15.9 Å². The van der Waals surface area contributed by atoms with Gasteiger partial charge in [-0.15, -0.1) is 0 Å². The minimum Gasteiger partial charge on any atom is -0.354 e. The van der Waals surface area contributed by atoms with E-state index in [1.807, 2.05) is 31.6 Å². The maximum atomic E-state index is 4.55. The molecule has 0 aromatic carbocycles. The first-order valence-electron chi connectivity index (χ1n) is 6.34. The molecule has 1 N–H and O–H groups in total. The van der Waals surface area contributed by atoms with Crippen LogP contribution < -0.4 is 5.32 Å². The lowest BCUT2D eigenvalue weighted by Crippen LogP contribution is -2.10. The second-order valence-electron chi connectivity index (χ2n) is 4.52. The number of rotatable bonds is 4. The van der Waals surface area contributed by atoms with Gasteiger partial charge in [-0.25, -0.2) is 9.67 Å². The van der Waals surface area contributed by atoms with Crippen LogP contribution in [-0.4, -0.2) is 26.3 Å². The molecule has 0 aliphatic carbocycles. The van der Waals surface area contributed by atoms with Crippen molar-refractivity contribution < 1.29 is 0 Å². The Morgan fingerprint density at radius 3 is 2.63 bits per heavy atom. The summed E-state index contributed by atoms with van der Waals surface area (Å²) < 4.78 is 2.88. The van der Waals surface area contributed by atoms with E-state index in [-0.39, 0.29) is 0 Å². The number of nitrogens with one attached hydrogen (secondary N) is 1. The van der Waals surface area contributed by atoms with E-state index in [0.717, 1.165) is 40.2 Å². The molecular weight excluding hydrogens is 306 g/mol. The maximum Gasteiger partial charge on any atom is 0.224 e. The molecule has 6 heteroatoms. The van der Waals surface area contributed by atoms with Gasteiger partial charge in [-0.3, -0.25) is 0 Å². The van der Waals surface area contributed by atoms with Gasteiger partial charge >= 0.3 is 0 Å². The zero-order valence-corrected chi connectivity index (χ0v) is 13.2. The minimum atomic E-state index is 0.645. The zero-order valence-electron chi connectivity index (χ0n) is 11.7. The van der Waals surface area contributed by atoms with E-state index in [0.29, 0.717) is 5.95 Å². The molecule has 0 bridgehead atoms. The van der Waals surface area contributed by atoms with Crippen LogP contribution in [-0.2, 0) is 0 Å². The van der Waals surface area contributed by atoms with Gasteiger partial charge < -0.3 is 5.32 Å². The summed E-state index contributed by atoms with van der Waals surface area (Å²) in [6.45, 7) is 8.96. The molecule has 0 unspecified atom stereocenters. The van der Waals surface area contributed by atoms with Crippen LogP contribution >= 0.6 is 15.9 Å². The highest BCUT2D eigenvalue weighted by Crippen LogP contribution is 2.23. The molecule has 19 heavy (non-hydrogen) atoms. The number of hydrogen-bond acceptors (Lipinski definition) is 4. The highest BCUT2D eigenvalue weighted by Gasteiger charge is 2.14. The molecule has 2 aromatic heterocycles. The third-order valence-electron chi connectivity index (χ3n) is 2.88. The average Bonchev–Trinajstić information content (AvgIpc) is 2.65. The Balaban J connectivity index is 2.45. The Morgan fingerprint density at radius 2 is 2.05 bits per heavy atom. The predicted molar refractivity (Wildman–Crippen MR) is 79.8 cm³/mol. The highest BCUT2D eigenvalue weighted by atomic mass is 79.9. The van der Waals surface area contributed by atoms with E-state index in [4.69, 9.17) is 0 Å². The molecular formula is C13H18BrN5. The summed E-state index contributed by atoms with van der Waals surface area (Å²) in [5, 5.41) is 7.71. The van der Waals surface area contributed by atoms with Crippen molar-refractivity contribution in [3.8, 4) is 5.82 Å². The average molecular weight is 324 g/mol. The van der Waals surface area contributed by atoms with Crippen molar-refractivity contribution in [3.05, 3.63) is 27.6 Å². The predicted octanol–water partition coefficient (Wildman–Crippen LogP) is 3.17. The van der Waals surface area contributed by atoms with E-state index < -0.39 is 0 Å². The molecule has 0 saturated heterocycles. The van der Waals surface area contributed by atoms with Crippen molar-refractivity contribution in [2.24, 2.45) is 0 Å². The van der Waals surface area contributed by atoms with Gasteiger partial charge in [0.15, 0.2) is 5.82 Å². The number of aryl methyl sites for hydroxylation is 2. The molecule has 2 heterocycles. The third kappa shape index (κ3) is 2.78. The summed E-state index contributed by atoms with van der Waals surface area (Å²) in [6, 6.07) is 0. The fourth-order valence-electron chi connectivity index (χ4n) is 1.80. The first-order valence-corrected chi connectivity index (χ1v) is 7.13. The van der Waals surface area contributed by atoms with Gasteiger partial charge in [0.1, 0.15) is 0 Å². The molecule has 0 fully saturated rings. The topological polar surface area (TPSA) is 55.6 Å². The van der Waals surface area contributed by atoms with E-state index in [1.54, 1.807) is 0 Å². The number of halogens is 1. The van der Waals surface area contributed by atoms with E-state index in [1.165, 1.54) is 0 Å². The van der Waals surface area contributed by atoms with Crippen molar-refractivity contribution in [2.45, 2.75) is 34.1 Å². The van der Waals surface area contributed by atoms with Gasteiger partial charge in [-0.05, 0) is 43.1 Å². The minimum absolute atomic E-state index is 0.645. The normalized spacial score (nSPS) is 10.8. The second kappa shape index (κ2) is 5.69.